The molecule has 0 unspecified atom stereocenters. The van der Waals surface area contributed by atoms with Crippen LogP contribution in [-0.4, -0.2) is 56.3 Å². The van der Waals surface area contributed by atoms with Crippen LogP contribution in [0.5, 0.6) is 5.75 Å². The number of aromatic nitrogens is 1. The second-order valence-corrected chi connectivity index (χ2v) is 7.13. The van der Waals surface area contributed by atoms with Gasteiger partial charge in [0.15, 0.2) is 0 Å². The van der Waals surface area contributed by atoms with E-state index in [1.165, 1.54) is 50.9 Å². The molecule has 8 heteroatoms. The van der Waals surface area contributed by atoms with Gasteiger partial charge in [-0.05, 0) is 44.0 Å². The average molecular weight is 466 g/mol. The van der Waals surface area contributed by atoms with Crippen molar-refractivity contribution < 1.29 is 4.74 Å². The first-order valence-electron chi connectivity index (χ1n) is 9.88. The third-order valence-corrected chi connectivity index (χ3v) is 5.20. The van der Waals surface area contributed by atoms with Crippen molar-refractivity contribution in [1.82, 2.24) is 15.2 Å². The molecule has 1 aliphatic heterocycles. The molecule has 0 bridgehead atoms. The second-order valence-electron chi connectivity index (χ2n) is 7.13. The van der Waals surface area contributed by atoms with Gasteiger partial charge in [-0.15, -0.1) is 37.2 Å². The minimum Gasteiger partial charge on any atom is -0.497 e. The number of unbranched alkanes of at least 4 members (excludes halogenated alkanes) is 3. The van der Waals surface area contributed by atoms with Crippen LogP contribution in [0.1, 0.15) is 31.2 Å². The molecular formula is C21H35Cl3N4O. The van der Waals surface area contributed by atoms with E-state index in [0.717, 1.165) is 42.0 Å². The van der Waals surface area contributed by atoms with Crippen molar-refractivity contribution in [2.45, 2.75) is 32.6 Å². The number of halogens is 3. The minimum atomic E-state index is 0. The maximum Gasteiger partial charge on any atom is 0.121 e. The van der Waals surface area contributed by atoms with E-state index < -0.39 is 0 Å². The summed E-state index contributed by atoms with van der Waals surface area (Å²) in [5.74, 6) is 0.882. The number of methoxy groups -OCH3 is 1. The van der Waals surface area contributed by atoms with E-state index in [1.807, 2.05) is 12.3 Å². The van der Waals surface area contributed by atoms with Crippen molar-refractivity contribution in [1.29, 1.82) is 0 Å². The van der Waals surface area contributed by atoms with Crippen LogP contribution >= 0.6 is 37.2 Å². The lowest BCUT2D eigenvalue weighted by atomic mass is 10.1. The number of fused-ring (bicyclic) bond motifs is 1. The van der Waals surface area contributed by atoms with E-state index in [-0.39, 0.29) is 37.2 Å². The number of hydrogen-bond acceptors (Lipinski definition) is 5. The number of hydrogen-bond donors (Lipinski definition) is 2. The van der Waals surface area contributed by atoms with Gasteiger partial charge >= 0.3 is 0 Å². The normalized spacial score (nSPS) is 13.7. The van der Waals surface area contributed by atoms with Crippen LogP contribution in [0.25, 0.3) is 10.9 Å². The number of anilines is 1. The molecule has 166 valence electrons. The monoisotopic (exact) mass is 464 g/mol. The number of nitrogens with zero attached hydrogens (tertiary/aromatic N) is 2. The first-order valence-corrected chi connectivity index (χ1v) is 9.88. The molecular weight excluding hydrogens is 431 g/mol. The second kappa shape index (κ2) is 14.9. The minimum absolute atomic E-state index is 0. The van der Waals surface area contributed by atoms with Crippen molar-refractivity contribution in [3.05, 3.63) is 30.0 Å². The highest BCUT2D eigenvalue weighted by Gasteiger charge is 2.09. The maximum atomic E-state index is 5.46. The fourth-order valence-electron chi connectivity index (χ4n) is 3.59. The predicted molar refractivity (Wildman–Crippen MR) is 131 cm³/mol. The van der Waals surface area contributed by atoms with E-state index in [0.29, 0.717) is 0 Å². The number of benzene rings is 1. The van der Waals surface area contributed by atoms with Gasteiger partial charge in [-0.1, -0.05) is 12.8 Å². The summed E-state index contributed by atoms with van der Waals surface area (Å²) in [5.41, 5.74) is 3.33. The van der Waals surface area contributed by atoms with Crippen LogP contribution in [0, 0.1) is 6.92 Å². The third kappa shape index (κ3) is 8.35. The van der Waals surface area contributed by atoms with Gasteiger partial charge < -0.3 is 20.3 Å². The fourth-order valence-corrected chi connectivity index (χ4v) is 3.59. The molecule has 1 saturated heterocycles. The van der Waals surface area contributed by atoms with Gasteiger partial charge in [-0.25, -0.2) is 0 Å². The first-order chi connectivity index (χ1) is 12.8. The molecule has 0 atom stereocenters. The summed E-state index contributed by atoms with van der Waals surface area (Å²) in [6.45, 7) is 9.04. The van der Waals surface area contributed by atoms with Gasteiger partial charge in [0.2, 0.25) is 0 Å². The number of aryl methyl sites for hydroxylation is 1. The summed E-state index contributed by atoms with van der Waals surface area (Å²) in [4.78, 5) is 7.14. The number of piperazine rings is 1. The van der Waals surface area contributed by atoms with Gasteiger partial charge in [0, 0.05) is 50.4 Å². The SMILES string of the molecule is COc1cc(NCCCCCCN2CCNCC2)c2nccc(C)c2c1.Cl.Cl.Cl. The van der Waals surface area contributed by atoms with E-state index in [1.54, 1.807) is 7.11 Å². The number of ether oxygens (including phenoxy) is 1. The summed E-state index contributed by atoms with van der Waals surface area (Å²) in [7, 11) is 1.72. The summed E-state index contributed by atoms with van der Waals surface area (Å²) >= 11 is 0. The Kier molecular flexibility index (Phi) is 14.4. The predicted octanol–water partition coefficient (Wildman–Crippen LogP) is 4.69. The molecule has 0 spiro atoms. The maximum absolute atomic E-state index is 5.46. The highest BCUT2D eigenvalue weighted by molar-refractivity contribution is 5.93. The standard InChI is InChI=1S/C21H32N4O.3ClH/c1-17-7-9-24-21-19(17)15-18(26-2)16-20(21)23-8-5-3-4-6-12-25-13-10-22-11-14-25;;;/h7,9,15-16,22-23H,3-6,8,10-14H2,1-2H3;3*1H. The van der Waals surface area contributed by atoms with Gasteiger partial charge in [0.25, 0.3) is 0 Å². The number of pyridine rings is 1. The Morgan fingerprint density at radius 1 is 1.07 bits per heavy atom. The smallest absolute Gasteiger partial charge is 0.121 e. The highest BCUT2D eigenvalue weighted by Crippen LogP contribution is 2.29. The lowest BCUT2D eigenvalue weighted by Crippen LogP contribution is -2.43. The largest absolute Gasteiger partial charge is 0.497 e. The summed E-state index contributed by atoms with van der Waals surface area (Å²) < 4.78 is 5.46. The molecule has 0 amide bonds. The zero-order valence-corrected chi connectivity index (χ0v) is 19.9. The van der Waals surface area contributed by atoms with Crippen molar-refractivity contribution in [2.75, 3.05) is 51.7 Å². The molecule has 5 nitrogen and oxygen atoms in total. The van der Waals surface area contributed by atoms with E-state index in [9.17, 15) is 0 Å². The lowest BCUT2D eigenvalue weighted by molar-refractivity contribution is 0.236. The molecule has 1 fully saturated rings. The Labute approximate surface area is 193 Å². The first kappa shape index (κ1) is 28.0. The molecule has 2 N–H and O–H groups in total. The number of rotatable bonds is 9. The Morgan fingerprint density at radius 2 is 1.79 bits per heavy atom. The highest BCUT2D eigenvalue weighted by atomic mass is 35.5. The van der Waals surface area contributed by atoms with Crippen molar-refractivity contribution in [2.24, 2.45) is 0 Å². The van der Waals surface area contributed by atoms with Gasteiger partial charge in [-0.3, -0.25) is 4.98 Å². The fraction of sp³-hybridized carbons (Fsp3) is 0.571. The van der Waals surface area contributed by atoms with E-state index in [2.05, 4.69) is 39.6 Å². The molecule has 2 aromatic rings. The van der Waals surface area contributed by atoms with Crippen LogP contribution in [0.15, 0.2) is 24.4 Å². The van der Waals surface area contributed by atoms with Crippen LogP contribution in [0.4, 0.5) is 5.69 Å². The summed E-state index contributed by atoms with van der Waals surface area (Å²) in [6, 6.07) is 6.17. The summed E-state index contributed by atoms with van der Waals surface area (Å²) in [6.07, 6.45) is 6.95. The number of nitrogens with one attached hydrogen (secondary N) is 2. The molecule has 0 aliphatic carbocycles. The Balaban J connectivity index is 0.00000261. The Bertz CT molecular complexity index is 712. The molecule has 1 aromatic carbocycles. The molecule has 2 heterocycles. The van der Waals surface area contributed by atoms with Gasteiger partial charge in [0.05, 0.1) is 18.3 Å². The van der Waals surface area contributed by atoms with Crippen molar-refractivity contribution in [3.63, 3.8) is 0 Å². The lowest BCUT2D eigenvalue weighted by Gasteiger charge is -2.27. The Morgan fingerprint density at radius 3 is 2.52 bits per heavy atom. The van der Waals surface area contributed by atoms with E-state index in [4.69, 9.17) is 4.74 Å². The Hall–Kier alpha value is -0.980. The van der Waals surface area contributed by atoms with Crippen molar-refractivity contribution >= 4 is 53.8 Å². The van der Waals surface area contributed by atoms with Crippen LogP contribution < -0.4 is 15.4 Å². The van der Waals surface area contributed by atoms with Crippen LogP contribution in [-0.2, 0) is 0 Å². The van der Waals surface area contributed by atoms with Crippen LogP contribution in [0.2, 0.25) is 0 Å². The average Bonchev–Trinajstić information content (AvgIpc) is 2.68. The zero-order chi connectivity index (χ0) is 18.2. The van der Waals surface area contributed by atoms with E-state index >= 15 is 0 Å². The van der Waals surface area contributed by atoms with Gasteiger partial charge in [0.1, 0.15) is 5.75 Å². The summed E-state index contributed by atoms with van der Waals surface area (Å²) in [5, 5.41) is 8.14. The quantitative estimate of drug-likeness (QED) is 0.526. The molecule has 1 aliphatic rings. The van der Waals surface area contributed by atoms with Crippen molar-refractivity contribution in [3.8, 4) is 5.75 Å². The molecule has 0 radical (unpaired) electrons. The molecule has 3 rings (SSSR count). The molecule has 0 saturated carbocycles. The topological polar surface area (TPSA) is 49.4 Å². The van der Waals surface area contributed by atoms with Crippen LogP contribution in [0.3, 0.4) is 0 Å². The zero-order valence-electron chi connectivity index (χ0n) is 17.4. The molecule has 1 aromatic heterocycles. The van der Waals surface area contributed by atoms with Gasteiger partial charge in [-0.2, -0.15) is 0 Å². The molecule has 29 heavy (non-hydrogen) atoms. The third-order valence-electron chi connectivity index (χ3n) is 5.20.